The Bertz CT molecular complexity index is 2110. The van der Waals surface area contributed by atoms with E-state index < -0.39 is 8.07 Å². The Labute approximate surface area is 286 Å². The molecule has 0 aliphatic heterocycles. The van der Waals surface area contributed by atoms with Crippen molar-refractivity contribution in [3.8, 4) is 22.6 Å². The van der Waals surface area contributed by atoms with Crippen molar-refractivity contribution in [3.63, 3.8) is 0 Å². The summed E-state index contributed by atoms with van der Waals surface area (Å²) in [5.74, 6) is 1.55. The second-order valence-electron chi connectivity index (χ2n) is 13.0. The number of rotatable bonds is 6. The average molecular weight is 801 g/mol. The molecule has 4 aromatic heterocycles. The standard InChI is InChI=1S/C21H16N3O.C18H24NSi.Ir/c1-3-24-18-10-5-4-9-17(18)23-20(24)16-8-6-7-14-15-12-11-13(2)22-21(15)25-19(14)16;1-14(2)11-16-12-17(15-9-7-6-8-10-15)19-13-18(16)20(3,4)5;/h4-7,9-12H,3H2,1-2H3;6-9,12-14H,11H2,1-5H3;/q2*-1;. The van der Waals surface area contributed by atoms with Crippen molar-refractivity contribution in [2.24, 2.45) is 5.92 Å². The van der Waals surface area contributed by atoms with Gasteiger partial charge in [0.05, 0.1) is 30.5 Å². The number of nitrogens with zero attached hydrogens (tertiary/aromatic N) is 4. The molecular weight excluding hydrogens is 761 g/mol. The molecule has 0 unspecified atom stereocenters. The first-order valence-corrected chi connectivity index (χ1v) is 19.3. The van der Waals surface area contributed by atoms with Crippen LogP contribution in [0.15, 0.2) is 89.5 Å². The first kappa shape index (κ1) is 33.5. The number of para-hydroxylation sites is 2. The summed E-state index contributed by atoms with van der Waals surface area (Å²) in [6.45, 7) is 16.7. The quantitative estimate of drug-likeness (QED) is 0.124. The molecule has 7 aromatic rings. The Morgan fingerprint density at radius 1 is 0.891 bits per heavy atom. The molecule has 237 valence electrons. The first-order valence-electron chi connectivity index (χ1n) is 15.8. The molecule has 0 saturated heterocycles. The summed E-state index contributed by atoms with van der Waals surface area (Å²) >= 11 is 0. The number of benzene rings is 3. The number of hydrogen-bond donors (Lipinski definition) is 0. The third kappa shape index (κ3) is 6.78. The molecule has 0 aliphatic rings. The number of imidazole rings is 1. The van der Waals surface area contributed by atoms with Crippen LogP contribution in [-0.2, 0) is 33.1 Å². The van der Waals surface area contributed by atoms with Crippen LogP contribution in [-0.4, -0.2) is 27.6 Å². The van der Waals surface area contributed by atoms with Gasteiger partial charge in [0, 0.05) is 43.9 Å². The van der Waals surface area contributed by atoms with Gasteiger partial charge in [0.1, 0.15) is 0 Å². The van der Waals surface area contributed by atoms with E-state index in [4.69, 9.17) is 9.40 Å². The van der Waals surface area contributed by atoms with E-state index in [1.807, 2.05) is 61.5 Å². The van der Waals surface area contributed by atoms with Crippen LogP contribution in [0.5, 0.6) is 0 Å². The summed E-state index contributed by atoms with van der Waals surface area (Å²) < 4.78 is 8.32. The smallest absolute Gasteiger partial charge is 0.216 e. The van der Waals surface area contributed by atoms with Crippen molar-refractivity contribution in [3.05, 3.63) is 108 Å². The Hall–Kier alpha value is -3.90. The molecule has 7 rings (SSSR count). The minimum absolute atomic E-state index is 0. The molecule has 0 aliphatic carbocycles. The number of aromatic nitrogens is 4. The fourth-order valence-electron chi connectivity index (χ4n) is 5.95. The topological polar surface area (TPSA) is 56.7 Å². The van der Waals surface area contributed by atoms with Gasteiger partial charge >= 0.3 is 0 Å². The SMILES string of the molecule is CC(C)Cc1cc(-c2[c-]cccc2)ncc1[Si](C)(C)C.CCn1c(-c2[c-]ccc3c2oc2nc(C)ccc23)nc2ccccc21.[Ir]. The zero-order valence-corrected chi connectivity index (χ0v) is 31.0. The first-order chi connectivity index (χ1) is 21.6. The van der Waals surface area contributed by atoms with E-state index >= 15 is 0 Å². The molecule has 7 heteroatoms. The van der Waals surface area contributed by atoms with Gasteiger partial charge in [-0.2, -0.15) is 0 Å². The number of hydrogen-bond acceptors (Lipinski definition) is 4. The van der Waals surface area contributed by atoms with Crippen molar-refractivity contribution in [1.82, 2.24) is 19.5 Å². The largest absolute Gasteiger partial charge is 0.486 e. The Morgan fingerprint density at radius 2 is 1.67 bits per heavy atom. The fourth-order valence-corrected chi connectivity index (χ4v) is 7.54. The van der Waals surface area contributed by atoms with Gasteiger partial charge in [-0.25, -0.2) is 4.98 Å². The van der Waals surface area contributed by atoms with E-state index in [0.717, 1.165) is 68.7 Å². The molecule has 0 amide bonds. The van der Waals surface area contributed by atoms with Gasteiger partial charge in [-0.15, -0.1) is 54.1 Å². The van der Waals surface area contributed by atoms with E-state index in [0.29, 0.717) is 11.6 Å². The summed E-state index contributed by atoms with van der Waals surface area (Å²) in [6.07, 6.45) is 3.24. The minimum atomic E-state index is -1.34. The molecule has 0 bridgehead atoms. The molecule has 1 radical (unpaired) electrons. The van der Waals surface area contributed by atoms with Crippen molar-refractivity contribution in [2.45, 2.75) is 60.3 Å². The summed E-state index contributed by atoms with van der Waals surface area (Å²) in [4.78, 5) is 14.1. The average Bonchev–Trinajstić information content (AvgIpc) is 3.58. The third-order valence-corrected chi connectivity index (χ3v) is 10.1. The van der Waals surface area contributed by atoms with E-state index in [1.165, 1.54) is 10.8 Å². The summed E-state index contributed by atoms with van der Waals surface area (Å²) in [5, 5.41) is 3.56. The maximum Gasteiger partial charge on any atom is 0.216 e. The molecule has 0 atom stereocenters. The Balaban J connectivity index is 0.000000182. The number of fused-ring (bicyclic) bond motifs is 4. The van der Waals surface area contributed by atoms with Crippen LogP contribution in [0, 0.1) is 25.0 Å². The molecule has 5 nitrogen and oxygen atoms in total. The number of furan rings is 1. The molecule has 0 fully saturated rings. The van der Waals surface area contributed by atoms with Gasteiger partial charge < -0.3 is 14.0 Å². The van der Waals surface area contributed by atoms with Crippen LogP contribution in [0.3, 0.4) is 0 Å². The van der Waals surface area contributed by atoms with Crippen molar-refractivity contribution < 1.29 is 24.5 Å². The zero-order chi connectivity index (χ0) is 31.7. The summed E-state index contributed by atoms with van der Waals surface area (Å²) in [7, 11) is -1.34. The van der Waals surface area contributed by atoms with Crippen molar-refractivity contribution in [2.75, 3.05) is 0 Å². The number of pyridine rings is 2. The third-order valence-electron chi connectivity index (χ3n) is 8.04. The van der Waals surface area contributed by atoms with Crippen LogP contribution in [0.2, 0.25) is 19.6 Å². The van der Waals surface area contributed by atoms with E-state index in [-0.39, 0.29) is 20.1 Å². The van der Waals surface area contributed by atoms with Crippen molar-refractivity contribution >= 4 is 46.4 Å². The van der Waals surface area contributed by atoms with Crippen LogP contribution in [0.1, 0.15) is 32.0 Å². The molecule has 0 spiro atoms. The second-order valence-corrected chi connectivity index (χ2v) is 18.1. The Kier molecular flexibility index (Phi) is 10.1. The van der Waals surface area contributed by atoms with E-state index in [1.54, 1.807) is 0 Å². The Morgan fingerprint density at radius 3 is 2.39 bits per heavy atom. The molecule has 3 aromatic carbocycles. The maximum atomic E-state index is 6.12. The van der Waals surface area contributed by atoms with Gasteiger partial charge in [0.2, 0.25) is 5.71 Å². The van der Waals surface area contributed by atoms with Gasteiger partial charge in [-0.1, -0.05) is 68.2 Å². The van der Waals surface area contributed by atoms with Gasteiger partial charge in [-0.3, -0.25) is 4.98 Å². The second kappa shape index (κ2) is 13.8. The van der Waals surface area contributed by atoms with E-state index in [2.05, 4.69) is 97.5 Å². The monoisotopic (exact) mass is 801 g/mol. The predicted molar refractivity (Wildman–Crippen MR) is 190 cm³/mol. The molecule has 0 N–H and O–H groups in total. The zero-order valence-electron chi connectivity index (χ0n) is 27.6. The molecule has 4 heterocycles. The van der Waals surface area contributed by atoms with Gasteiger partial charge in [-0.05, 0) is 61.3 Å². The van der Waals surface area contributed by atoms with Crippen molar-refractivity contribution in [1.29, 1.82) is 0 Å². The molecular formula is C39H40IrN4OSi-2. The molecule has 0 saturated carbocycles. The van der Waals surface area contributed by atoms with Crippen LogP contribution in [0.4, 0.5) is 0 Å². The molecule has 46 heavy (non-hydrogen) atoms. The normalized spacial score (nSPS) is 11.6. The fraction of sp³-hybridized carbons (Fsp3) is 0.256. The van der Waals surface area contributed by atoms with Crippen LogP contribution >= 0.6 is 0 Å². The van der Waals surface area contributed by atoms with Crippen LogP contribution in [0.25, 0.3) is 55.7 Å². The summed E-state index contributed by atoms with van der Waals surface area (Å²) in [5.41, 5.74) is 8.98. The minimum Gasteiger partial charge on any atom is -0.486 e. The van der Waals surface area contributed by atoms with Crippen LogP contribution < -0.4 is 5.19 Å². The van der Waals surface area contributed by atoms with Gasteiger partial charge in [0.15, 0.2) is 0 Å². The summed E-state index contributed by atoms with van der Waals surface area (Å²) in [6, 6.07) is 33.2. The number of aryl methyl sites for hydroxylation is 2. The predicted octanol–water partition coefficient (Wildman–Crippen LogP) is 9.42. The van der Waals surface area contributed by atoms with Gasteiger partial charge in [0.25, 0.3) is 0 Å². The maximum absolute atomic E-state index is 6.12. The van der Waals surface area contributed by atoms with E-state index in [9.17, 15) is 0 Å².